The Bertz CT molecular complexity index is 1440. The summed E-state index contributed by atoms with van der Waals surface area (Å²) >= 11 is 5.27. The quantitative estimate of drug-likeness (QED) is 0.348. The van der Waals surface area contributed by atoms with Crippen LogP contribution in [0.3, 0.4) is 0 Å². The fraction of sp³-hybridized carbons (Fsp3) is 0.130. The number of H-pyrrole nitrogens is 1. The third-order valence-electron chi connectivity index (χ3n) is 5.15. The molecule has 0 saturated heterocycles. The Morgan fingerprint density at radius 3 is 2.72 bits per heavy atom. The van der Waals surface area contributed by atoms with Crippen molar-refractivity contribution in [2.45, 2.75) is 12.6 Å². The molecule has 0 aliphatic rings. The normalized spacial score (nSPS) is 11.9. The number of carbonyl (C=O) groups is 1. The van der Waals surface area contributed by atoms with Crippen molar-refractivity contribution >= 4 is 29.0 Å². The summed E-state index contributed by atoms with van der Waals surface area (Å²) in [4.78, 5) is 33.2. The van der Waals surface area contributed by atoms with Crippen LogP contribution < -0.4 is 10.9 Å². The molecule has 7 nitrogen and oxygen atoms in total. The highest BCUT2D eigenvalue weighted by molar-refractivity contribution is 7.71. The summed E-state index contributed by atoms with van der Waals surface area (Å²) in [6.07, 6.45) is 4.98. The Labute approximate surface area is 187 Å². The van der Waals surface area contributed by atoms with Crippen molar-refractivity contribution in [1.29, 1.82) is 0 Å². The molecule has 32 heavy (non-hydrogen) atoms. The number of nitrogens with one attached hydrogen (secondary N) is 2. The molecule has 0 aliphatic heterocycles. The number of aromatic amines is 1. The van der Waals surface area contributed by atoms with Crippen LogP contribution in [0.25, 0.3) is 10.9 Å². The van der Waals surface area contributed by atoms with Gasteiger partial charge in [-0.25, -0.2) is 9.37 Å². The first-order valence-corrected chi connectivity index (χ1v) is 10.2. The first-order chi connectivity index (χ1) is 15.4. The SMILES string of the molecule is C=CCn1c(=S)[nH]c2cc(C(=O)N[C@H](c3ccc(F)cc3)c3nccn3C)ccc2c1=O. The van der Waals surface area contributed by atoms with Gasteiger partial charge in [0, 0.05) is 31.5 Å². The van der Waals surface area contributed by atoms with Crippen LogP contribution in [0.4, 0.5) is 4.39 Å². The lowest BCUT2D eigenvalue weighted by atomic mass is 10.0. The molecule has 0 unspecified atom stereocenters. The molecule has 0 radical (unpaired) electrons. The van der Waals surface area contributed by atoms with Gasteiger partial charge in [-0.05, 0) is 48.1 Å². The molecule has 2 aromatic heterocycles. The molecular weight excluding hydrogens is 429 g/mol. The van der Waals surface area contributed by atoms with Crippen molar-refractivity contribution in [3.8, 4) is 0 Å². The number of aromatic nitrogens is 4. The number of benzene rings is 2. The summed E-state index contributed by atoms with van der Waals surface area (Å²) in [5, 5.41) is 3.37. The molecule has 2 aromatic carbocycles. The number of imidazole rings is 1. The van der Waals surface area contributed by atoms with E-state index in [4.69, 9.17) is 12.2 Å². The average molecular weight is 450 g/mol. The third kappa shape index (κ3) is 4.02. The Hall–Kier alpha value is -3.85. The number of fused-ring (bicyclic) bond motifs is 1. The van der Waals surface area contributed by atoms with E-state index in [1.165, 1.54) is 16.7 Å². The van der Waals surface area contributed by atoms with Crippen LogP contribution >= 0.6 is 12.2 Å². The van der Waals surface area contributed by atoms with E-state index in [1.54, 1.807) is 53.4 Å². The van der Waals surface area contributed by atoms with Crippen molar-refractivity contribution < 1.29 is 9.18 Å². The second-order valence-electron chi connectivity index (χ2n) is 7.25. The van der Waals surface area contributed by atoms with Crippen molar-refractivity contribution in [3.05, 3.63) is 105 Å². The third-order valence-corrected chi connectivity index (χ3v) is 5.47. The molecule has 0 aliphatic carbocycles. The molecule has 2 N–H and O–H groups in total. The molecule has 9 heteroatoms. The Kier molecular flexibility index (Phi) is 5.83. The van der Waals surface area contributed by atoms with Crippen LogP contribution in [0, 0.1) is 10.6 Å². The summed E-state index contributed by atoms with van der Waals surface area (Å²) in [6.45, 7) is 3.93. The van der Waals surface area contributed by atoms with E-state index in [2.05, 4.69) is 21.9 Å². The minimum atomic E-state index is -0.599. The van der Waals surface area contributed by atoms with Gasteiger partial charge in [0.25, 0.3) is 11.5 Å². The molecule has 4 aromatic rings. The van der Waals surface area contributed by atoms with E-state index in [0.29, 0.717) is 27.9 Å². The predicted octanol–water partition coefficient (Wildman–Crippen LogP) is 3.64. The fourth-order valence-electron chi connectivity index (χ4n) is 3.51. The first kappa shape index (κ1) is 21.4. The summed E-state index contributed by atoms with van der Waals surface area (Å²) in [5.74, 6) is -0.151. The van der Waals surface area contributed by atoms with Gasteiger partial charge in [0.1, 0.15) is 17.7 Å². The van der Waals surface area contributed by atoms with Gasteiger partial charge in [-0.1, -0.05) is 18.2 Å². The smallest absolute Gasteiger partial charge is 0.262 e. The second-order valence-corrected chi connectivity index (χ2v) is 7.64. The highest BCUT2D eigenvalue weighted by atomic mass is 32.1. The Morgan fingerprint density at radius 1 is 1.31 bits per heavy atom. The minimum absolute atomic E-state index is 0.247. The van der Waals surface area contributed by atoms with Crippen molar-refractivity contribution in [3.63, 3.8) is 0 Å². The number of carbonyl (C=O) groups excluding carboxylic acids is 1. The van der Waals surface area contributed by atoms with Crippen molar-refractivity contribution in [2.24, 2.45) is 7.05 Å². The molecule has 1 amide bonds. The number of aryl methyl sites for hydroxylation is 1. The lowest BCUT2D eigenvalue weighted by molar-refractivity contribution is 0.0941. The van der Waals surface area contributed by atoms with E-state index < -0.39 is 6.04 Å². The van der Waals surface area contributed by atoms with E-state index in [9.17, 15) is 14.0 Å². The molecule has 0 bridgehead atoms. The zero-order chi connectivity index (χ0) is 22.8. The molecule has 0 saturated carbocycles. The van der Waals surface area contributed by atoms with Crippen LogP contribution in [0.2, 0.25) is 0 Å². The standard InChI is InChI=1S/C23H20FN5O2S/c1-3-11-29-22(31)17-9-6-15(13-18(17)26-23(29)32)21(30)27-19(20-25-10-12-28(20)2)14-4-7-16(24)8-5-14/h3-10,12-13,19H,1,11H2,2H3,(H,26,32)(H,27,30)/t19-/m1/s1. The summed E-state index contributed by atoms with van der Waals surface area (Å²) in [5.41, 5.74) is 1.22. The molecule has 4 rings (SSSR count). The number of amides is 1. The van der Waals surface area contributed by atoms with Gasteiger partial charge in [-0.15, -0.1) is 6.58 Å². The molecule has 0 spiro atoms. The monoisotopic (exact) mass is 449 g/mol. The first-order valence-electron chi connectivity index (χ1n) is 9.80. The fourth-order valence-corrected chi connectivity index (χ4v) is 3.78. The number of rotatable bonds is 6. The molecule has 2 heterocycles. The topological polar surface area (TPSA) is 84.7 Å². The number of allylic oxidation sites excluding steroid dienone is 1. The molecule has 1 atom stereocenters. The van der Waals surface area contributed by atoms with Gasteiger partial charge in [0.15, 0.2) is 4.77 Å². The van der Waals surface area contributed by atoms with Gasteiger partial charge in [-0.2, -0.15) is 0 Å². The van der Waals surface area contributed by atoms with Gasteiger partial charge >= 0.3 is 0 Å². The van der Waals surface area contributed by atoms with Crippen LogP contribution in [-0.4, -0.2) is 25.0 Å². The van der Waals surface area contributed by atoms with Crippen LogP contribution in [-0.2, 0) is 13.6 Å². The number of hydrogen-bond acceptors (Lipinski definition) is 4. The Morgan fingerprint density at radius 2 is 2.06 bits per heavy atom. The lowest BCUT2D eigenvalue weighted by Gasteiger charge is -2.19. The van der Waals surface area contributed by atoms with E-state index in [-0.39, 0.29) is 28.6 Å². The molecular formula is C23H20FN5O2S. The van der Waals surface area contributed by atoms with Crippen molar-refractivity contribution in [1.82, 2.24) is 24.4 Å². The number of nitrogens with zero attached hydrogens (tertiary/aromatic N) is 3. The zero-order valence-electron chi connectivity index (χ0n) is 17.2. The predicted molar refractivity (Wildman–Crippen MR) is 123 cm³/mol. The highest BCUT2D eigenvalue weighted by Crippen LogP contribution is 2.22. The van der Waals surface area contributed by atoms with Crippen LogP contribution in [0.5, 0.6) is 0 Å². The molecule has 0 fully saturated rings. The Balaban J connectivity index is 1.72. The highest BCUT2D eigenvalue weighted by Gasteiger charge is 2.22. The second kappa shape index (κ2) is 8.72. The van der Waals surface area contributed by atoms with Crippen molar-refractivity contribution in [2.75, 3.05) is 0 Å². The number of halogens is 1. The average Bonchev–Trinajstić information content (AvgIpc) is 3.20. The van der Waals surface area contributed by atoms with Crippen LogP contribution in [0.15, 0.2) is 72.3 Å². The van der Waals surface area contributed by atoms with Gasteiger partial charge in [0.05, 0.1) is 10.9 Å². The van der Waals surface area contributed by atoms with E-state index >= 15 is 0 Å². The molecule has 162 valence electrons. The maximum absolute atomic E-state index is 13.4. The minimum Gasteiger partial charge on any atom is -0.338 e. The lowest BCUT2D eigenvalue weighted by Crippen LogP contribution is -2.31. The summed E-state index contributed by atoms with van der Waals surface area (Å²) in [6, 6.07) is 10.0. The summed E-state index contributed by atoms with van der Waals surface area (Å²) in [7, 11) is 1.81. The summed E-state index contributed by atoms with van der Waals surface area (Å²) < 4.78 is 16.9. The number of hydrogen-bond donors (Lipinski definition) is 2. The maximum Gasteiger partial charge on any atom is 0.262 e. The van der Waals surface area contributed by atoms with E-state index in [0.717, 1.165) is 0 Å². The largest absolute Gasteiger partial charge is 0.338 e. The van der Waals surface area contributed by atoms with Gasteiger partial charge < -0.3 is 14.9 Å². The maximum atomic E-state index is 13.4. The van der Waals surface area contributed by atoms with Gasteiger partial charge in [0.2, 0.25) is 0 Å². The van der Waals surface area contributed by atoms with Crippen LogP contribution in [0.1, 0.15) is 27.8 Å². The van der Waals surface area contributed by atoms with Gasteiger partial charge in [-0.3, -0.25) is 14.2 Å². The zero-order valence-corrected chi connectivity index (χ0v) is 18.0. The van der Waals surface area contributed by atoms with E-state index in [1.807, 2.05) is 7.05 Å².